The third-order valence-corrected chi connectivity index (χ3v) is 4.88. The average molecular weight is 340 g/mol. The Hall–Kier alpha value is -2.62. The van der Waals surface area contributed by atoms with Gasteiger partial charge in [-0.2, -0.15) is 0 Å². The van der Waals surface area contributed by atoms with E-state index in [-0.39, 0.29) is 11.1 Å². The maximum absolute atomic E-state index is 11.4. The number of rotatable bonds is 8. The van der Waals surface area contributed by atoms with Gasteiger partial charge in [0.25, 0.3) is 0 Å². The van der Waals surface area contributed by atoms with E-state index in [9.17, 15) is 19.8 Å². The number of carbonyl (C=O) groups is 2. The monoisotopic (exact) mass is 340 g/mol. The second-order valence-corrected chi connectivity index (χ2v) is 6.31. The molecule has 0 heterocycles. The number of carboxylic acids is 2. The largest absolute Gasteiger partial charge is 0.478 e. The zero-order chi connectivity index (χ0) is 18.4. The lowest BCUT2D eigenvalue weighted by Crippen LogP contribution is -2.27. The van der Waals surface area contributed by atoms with Gasteiger partial charge in [0.1, 0.15) is 0 Å². The molecule has 0 radical (unpaired) electrons. The molecule has 0 saturated carbocycles. The van der Waals surface area contributed by atoms with Crippen molar-refractivity contribution >= 4 is 11.9 Å². The summed E-state index contributed by atoms with van der Waals surface area (Å²) in [7, 11) is 0. The molecule has 0 aliphatic heterocycles. The Morgan fingerprint density at radius 2 is 1.36 bits per heavy atom. The van der Waals surface area contributed by atoms with Crippen molar-refractivity contribution < 1.29 is 19.8 Å². The Labute approximate surface area is 148 Å². The zero-order valence-corrected chi connectivity index (χ0v) is 14.7. The highest BCUT2D eigenvalue weighted by molar-refractivity contribution is 5.88. The molecule has 0 aromatic heterocycles. The van der Waals surface area contributed by atoms with Crippen molar-refractivity contribution in [2.45, 2.75) is 44.9 Å². The Morgan fingerprint density at radius 3 is 1.72 bits per heavy atom. The maximum Gasteiger partial charge on any atom is 0.335 e. The van der Waals surface area contributed by atoms with E-state index in [1.165, 1.54) is 0 Å². The fourth-order valence-corrected chi connectivity index (χ4v) is 3.42. The van der Waals surface area contributed by atoms with Gasteiger partial charge >= 0.3 is 11.9 Å². The number of carboxylic acid groups (broad SMARTS) is 2. The summed E-state index contributed by atoms with van der Waals surface area (Å²) in [6.45, 7) is 4.18. The van der Waals surface area contributed by atoms with E-state index in [0.29, 0.717) is 0 Å². The van der Waals surface area contributed by atoms with E-state index in [1.807, 2.05) is 12.1 Å². The van der Waals surface area contributed by atoms with E-state index < -0.39 is 17.4 Å². The van der Waals surface area contributed by atoms with Gasteiger partial charge in [-0.1, -0.05) is 51.0 Å². The number of hydrogen-bond donors (Lipinski definition) is 2. The molecule has 4 nitrogen and oxygen atoms in total. The number of aromatic carboxylic acids is 2. The van der Waals surface area contributed by atoms with E-state index in [1.54, 1.807) is 36.4 Å². The molecule has 2 aromatic rings. The van der Waals surface area contributed by atoms with Crippen LogP contribution in [0.2, 0.25) is 0 Å². The standard InChI is InChI=1S/C21H24O4/c1-3-5-12-21(4-2,17-10-6-8-15(13-17)19(22)23)18-11-7-9-16(14-18)20(24)25/h6-11,13-14H,3-5,12H2,1-2H3,(H,22,23)(H,24,25). The molecule has 4 heteroatoms. The molecule has 0 bridgehead atoms. The molecule has 132 valence electrons. The van der Waals surface area contributed by atoms with Gasteiger partial charge in [0.2, 0.25) is 0 Å². The highest BCUT2D eigenvalue weighted by atomic mass is 16.4. The van der Waals surface area contributed by atoms with Crippen molar-refractivity contribution in [1.82, 2.24) is 0 Å². The molecule has 2 aromatic carbocycles. The van der Waals surface area contributed by atoms with Crippen LogP contribution >= 0.6 is 0 Å². The normalized spacial score (nSPS) is 11.3. The van der Waals surface area contributed by atoms with Crippen molar-refractivity contribution in [2.24, 2.45) is 0 Å². The summed E-state index contributed by atoms with van der Waals surface area (Å²) in [5.41, 5.74) is 1.95. The van der Waals surface area contributed by atoms with Crippen LogP contribution in [0.1, 0.15) is 71.4 Å². The van der Waals surface area contributed by atoms with Crippen LogP contribution < -0.4 is 0 Å². The Morgan fingerprint density at radius 1 is 0.880 bits per heavy atom. The molecule has 0 saturated heterocycles. The first-order valence-corrected chi connectivity index (χ1v) is 8.62. The smallest absolute Gasteiger partial charge is 0.335 e. The van der Waals surface area contributed by atoms with Gasteiger partial charge in [0.05, 0.1) is 11.1 Å². The van der Waals surface area contributed by atoms with Crippen LogP contribution in [0.3, 0.4) is 0 Å². The van der Waals surface area contributed by atoms with E-state index >= 15 is 0 Å². The highest BCUT2D eigenvalue weighted by Crippen LogP contribution is 2.41. The molecule has 0 aliphatic carbocycles. The van der Waals surface area contributed by atoms with Crippen molar-refractivity contribution in [3.8, 4) is 0 Å². The van der Waals surface area contributed by atoms with Gasteiger partial charge in [0.15, 0.2) is 0 Å². The topological polar surface area (TPSA) is 74.6 Å². The Balaban J connectivity index is 2.65. The second kappa shape index (κ2) is 7.97. The van der Waals surface area contributed by atoms with Crippen LogP contribution in [-0.2, 0) is 5.41 Å². The first-order chi connectivity index (χ1) is 11.9. The summed E-state index contributed by atoms with van der Waals surface area (Å²) in [6, 6.07) is 14.0. The van der Waals surface area contributed by atoms with Crippen molar-refractivity contribution in [1.29, 1.82) is 0 Å². The van der Waals surface area contributed by atoms with Gasteiger partial charge in [-0.3, -0.25) is 0 Å². The molecule has 0 spiro atoms. The molecular weight excluding hydrogens is 316 g/mol. The van der Waals surface area contributed by atoms with Gasteiger partial charge in [0, 0.05) is 5.41 Å². The van der Waals surface area contributed by atoms with Crippen LogP contribution in [0, 0.1) is 0 Å². The summed E-state index contributed by atoms with van der Waals surface area (Å²) < 4.78 is 0. The average Bonchev–Trinajstić information content (AvgIpc) is 2.63. The summed E-state index contributed by atoms with van der Waals surface area (Å²) in [6.07, 6.45) is 3.59. The number of unbranched alkanes of at least 4 members (excludes halogenated alkanes) is 1. The van der Waals surface area contributed by atoms with Crippen molar-refractivity contribution in [2.75, 3.05) is 0 Å². The van der Waals surface area contributed by atoms with Gasteiger partial charge in [-0.05, 0) is 48.2 Å². The summed E-state index contributed by atoms with van der Waals surface area (Å²) in [5.74, 6) is -1.91. The van der Waals surface area contributed by atoms with Gasteiger partial charge in [-0.25, -0.2) is 9.59 Å². The minimum Gasteiger partial charge on any atom is -0.478 e. The number of benzene rings is 2. The molecular formula is C21H24O4. The molecule has 0 aliphatic rings. The fourth-order valence-electron chi connectivity index (χ4n) is 3.42. The third-order valence-electron chi connectivity index (χ3n) is 4.88. The minimum atomic E-state index is -0.957. The molecule has 25 heavy (non-hydrogen) atoms. The van der Waals surface area contributed by atoms with Crippen LogP contribution in [0.15, 0.2) is 48.5 Å². The Bertz CT molecular complexity index is 706. The van der Waals surface area contributed by atoms with Gasteiger partial charge < -0.3 is 10.2 Å². The number of hydrogen-bond acceptors (Lipinski definition) is 2. The Kier molecular flexibility index (Phi) is 5.97. The second-order valence-electron chi connectivity index (χ2n) is 6.31. The third kappa shape index (κ3) is 3.90. The van der Waals surface area contributed by atoms with Crippen LogP contribution in [0.4, 0.5) is 0 Å². The van der Waals surface area contributed by atoms with Crippen molar-refractivity contribution in [3.05, 3.63) is 70.8 Å². The molecule has 0 unspecified atom stereocenters. The maximum atomic E-state index is 11.4. The SMILES string of the molecule is CCCCC(CC)(c1cccc(C(=O)O)c1)c1cccc(C(=O)O)c1. The fraction of sp³-hybridized carbons (Fsp3) is 0.333. The predicted octanol–water partition coefficient (Wildman–Crippen LogP) is 4.97. The molecule has 0 fully saturated rings. The molecule has 2 N–H and O–H groups in total. The lowest BCUT2D eigenvalue weighted by atomic mass is 9.68. The zero-order valence-electron chi connectivity index (χ0n) is 14.7. The first kappa shape index (κ1) is 18.7. The van der Waals surface area contributed by atoms with E-state index in [0.717, 1.165) is 36.8 Å². The quantitative estimate of drug-likeness (QED) is 0.711. The highest BCUT2D eigenvalue weighted by Gasteiger charge is 2.33. The molecule has 0 atom stereocenters. The van der Waals surface area contributed by atoms with Crippen LogP contribution in [-0.4, -0.2) is 22.2 Å². The lowest BCUT2D eigenvalue weighted by molar-refractivity contribution is 0.0686. The van der Waals surface area contributed by atoms with Gasteiger partial charge in [-0.15, -0.1) is 0 Å². The summed E-state index contributed by atoms with van der Waals surface area (Å²) in [5, 5.41) is 18.7. The van der Waals surface area contributed by atoms with E-state index in [4.69, 9.17) is 0 Å². The molecule has 0 amide bonds. The predicted molar refractivity (Wildman–Crippen MR) is 97.4 cm³/mol. The lowest BCUT2D eigenvalue weighted by Gasteiger charge is -2.35. The van der Waals surface area contributed by atoms with Crippen LogP contribution in [0.5, 0.6) is 0 Å². The van der Waals surface area contributed by atoms with Crippen molar-refractivity contribution in [3.63, 3.8) is 0 Å². The summed E-state index contributed by atoms with van der Waals surface area (Å²) in [4.78, 5) is 22.8. The summed E-state index contributed by atoms with van der Waals surface area (Å²) >= 11 is 0. The minimum absolute atomic E-state index is 0.251. The van der Waals surface area contributed by atoms with Crippen LogP contribution in [0.25, 0.3) is 0 Å². The van der Waals surface area contributed by atoms with E-state index in [2.05, 4.69) is 13.8 Å². The first-order valence-electron chi connectivity index (χ1n) is 8.62. The molecule has 2 rings (SSSR count).